The highest BCUT2D eigenvalue weighted by molar-refractivity contribution is 7.92. The fourth-order valence-electron chi connectivity index (χ4n) is 5.69. The molecule has 1 amide bonds. The van der Waals surface area contributed by atoms with E-state index in [1.54, 1.807) is 24.3 Å². The normalized spacial score (nSPS) is 18.3. The summed E-state index contributed by atoms with van der Waals surface area (Å²) >= 11 is 12.5. The van der Waals surface area contributed by atoms with Crippen LogP contribution in [0.25, 0.3) is 0 Å². The molecule has 1 N–H and O–H groups in total. The van der Waals surface area contributed by atoms with Crippen molar-refractivity contribution in [3.63, 3.8) is 0 Å². The van der Waals surface area contributed by atoms with Crippen molar-refractivity contribution in [2.45, 2.75) is 83.0 Å². The summed E-state index contributed by atoms with van der Waals surface area (Å²) in [4.78, 5) is 16.2. The molecule has 1 aliphatic heterocycles. The smallest absolute Gasteiger partial charge is 0.249 e. The van der Waals surface area contributed by atoms with Gasteiger partial charge in [0.05, 0.1) is 30.1 Å². The Morgan fingerprint density at radius 3 is 1.83 bits per heavy atom. The quantitative estimate of drug-likeness (QED) is 0.204. The van der Waals surface area contributed by atoms with Gasteiger partial charge in [-0.3, -0.25) is 14.0 Å². The van der Waals surface area contributed by atoms with Crippen molar-refractivity contribution in [3.8, 4) is 0 Å². The Kier molecular flexibility index (Phi) is 11.2. The van der Waals surface area contributed by atoms with Crippen molar-refractivity contribution in [1.29, 1.82) is 0 Å². The number of rotatable bonds is 11. The summed E-state index contributed by atoms with van der Waals surface area (Å²) in [7, 11) is -6.81. The molecule has 3 aromatic rings. The minimum absolute atomic E-state index is 0.109. The van der Waals surface area contributed by atoms with Crippen molar-refractivity contribution in [2.24, 2.45) is 0 Å². The van der Waals surface area contributed by atoms with Crippen LogP contribution < -0.4 is 9.62 Å². The standard InChI is InChI=1S/C34H43Cl2F2N3O4SSi/c1-21(2)39-33(42)32(45-47(7,8)34(3,4)5)31-29(41(46(6,43)44)28-18-26(37)17-27(38)19-28)20-40(31)30(22-9-13-24(35)14-10-22)23-11-15-25(36)16-12-23/h9-19,21,29-32H,20H2,1-8H3,(H,39,42). The molecule has 3 unspecified atom stereocenters. The number of carbonyl (C=O) groups excluding carboxylic acids is 1. The SMILES string of the molecule is CC(C)NC(=O)C(O[Si](C)(C)C(C)(C)C)C1C(N(c2cc(F)cc(F)c2)S(C)(=O)=O)CN1C(c1ccc(Cl)cc1)c1ccc(Cl)cc1. The van der Waals surface area contributed by atoms with E-state index in [1.807, 2.05) is 56.1 Å². The van der Waals surface area contributed by atoms with E-state index >= 15 is 0 Å². The summed E-state index contributed by atoms with van der Waals surface area (Å²) < 4.78 is 64.2. The Labute approximate surface area is 288 Å². The van der Waals surface area contributed by atoms with Gasteiger partial charge in [0.1, 0.15) is 17.7 Å². The van der Waals surface area contributed by atoms with Crippen molar-refractivity contribution in [1.82, 2.24) is 10.2 Å². The van der Waals surface area contributed by atoms with Crippen molar-refractivity contribution in [3.05, 3.63) is 99.5 Å². The molecule has 0 spiro atoms. The number of amides is 1. The molecule has 13 heteroatoms. The molecule has 0 saturated carbocycles. The van der Waals surface area contributed by atoms with Crippen molar-refractivity contribution >= 4 is 53.1 Å². The lowest BCUT2D eigenvalue weighted by Gasteiger charge is -2.58. The molecule has 3 aromatic carbocycles. The third kappa shape index (κ3) is 8.55. The lowest BCUT2D eigenvalue weighted by molar-refractivity contribution is -0.138. The Morgan fingerprint density at radius 2 is 1.43 bits per heavy atom. The summed E-state index contributed by atoms with van der Waals surface area (Å²) in [6.07, 6.45) is -0.162. The Morgan fingerprint density at radius 1 is 0.957 bits per heavy atom. The van der Waals surface area contributed by atoms with Crippen LogP contribution in [0.5, 0.6) is 0 Å². The van der Waals surface area contributed by atoms with Crippen LogP contribution in [-0.4, -0.2) is 64.6 Å². The molecule has 256 valence electrons. The highest BCUT2D eigenvalue weighted by Crippen LogP contribution is 2.45. The number of sulfonamides is 1. The maximum Gasteiger partial charge on any atom is 0.249 e. The molecule has 0 radical (unpaired) electrons. The number of nitrogens with zero attached hydrogens (tertiary/aromatic N) is 2. The second-order valence-electron chi connectivity index (χ2n) is 13.9. The van der Waals surface area contributed by atoms with Gasteiger partial charge in [0.15, 0.2) is 8.32 Å². The molecule has 1 saturated heterocycles. The number of hydrogen-bond acceptors (Lipinski definition) is 5. The predicted molar refractivity (Wildman–Crippen MR) is 188 cm³/mol. The van der Waals surface area contributed by atoms with Gasteiger partial charge in [0.25, 0.3) is 0 Å². The molecule has 47 heavy (non-hydrogen) atoms. The first-order valence-corrected chi connectivity index (χ1v) is 20.9. The minimum atomic E-state index is -4.13. The average Bonchev–Trinajstić information content (AvgIpc) is 2.91. The Bertz CT molecular complexity index is 1620. The number of halogens is 4. The minimum Gasteiger partial charge on any atom is -0.404 e. The zero-order valence-electron chi connectivity index (χ0n) is 27.9. The third-order valence-corrected chi connectivity index (χ3v) is 15.0. The summed E-state index contributed by atoms with van der Waals surface area (Å²) in [6, 6.07) is 14.7. The molecule has 7 nitrogen and oxygen atoms in total. The lowest BCUT2D eigenvalue weighted by Crippen LogP contribution is -2.75. The van der Waals surface area contributed by atoms with E-state index in [-0.39, 0.29) is 23.3 Å². The van der Waals surface area contributed by atoms with Crippen LogP contribution in [0.2, 0.25) is 28.2 Å². The van der Waals surface area contributed by atoms with Gasteiger partial charge in [-0.1, -0.05) is 68.2 Å². The zero-order valence-corrected chi connectivity index (χ0v) is 31.2. The van der Waals surface area contributed by atoms with Crippen LogP contribution in [0.4, 0.5) is 14.5 Å². The molecule has 4 rings (SSSR count). The molecular formula is C34H43Cl2F2N3O4SSi. The molecule has 0 aliphatic carbocycles. The van der Waals surface area contributed by atoms with Gasteiger partial charge in [0, 0.05) is 28.7 Å². The van der Waals surface area contributed by atoms with Gasteiger partial charge in [0.2, 0.25) is 15.9 Å². The Balaban J connectivity index is 1.98. The second kappa shape index (κ2) is 14.1. The first kappa shape index (κ1) is 37.3. The maximum absolute atomic E-state index is 14.6. The maximum atomic E-state index is 14.6. The van der Waals surface area contributed by atoms with Crippen LogP contribution in [0.3, 0.4) is 0 Å². The second-order valence-corrected chi connectivity index (χ2v) is 21.4. The third-order valence-electron chi connectivity index (χ3n) is 8.87. The van der Waals surface area contributed by atoms with E-state index in [9.17, 15) is 22.0 Å². The van der Waals surface area contributed by atoms with E-state index in [1.165, 1.54) is 0 Å². The van der Waals surface area contributed by atoms with Gasteiger partial charge in [-0.05, 0) is 79.5 Å². The number of carbonyl (C=O) groups is 1. The monoisotopic (exact) mass is 725 g/mol. The van der Waals surface area contributed by atoms with E-state index in [0.717, 1.165) is 33.8 Å². The fraction of sp³-hybridized carbons (Fsp3) is 0.441. The summed E-state index contributed by atoms with van der Waals surface area (Å²) in [5.74, 6) is -2.25. The van der Waals surface area contributed by atoms with Crippen molar-refractivity contribution in [2.75, 3.05) is 17.1 Å². The molecule has 3 atom stereocenters. The van der Waals surface area contributed by atoms with Crippen LogP contribution in [-0.2, 0) is 19.2 Å². The first-order valence-electron chi connectivity index (χ1n) is 15.4. The van der Waals surface area contributed by atoms with Gasteiger partial charge in [-0.15, -0.1) is 0 Å². The molecule has 1 heterocycles. The van der Waals surface area contributed by atoms with Crippen LogP contribution in [0.15, 0.2) is 66.7 Å². The lowest BCUT2D eigenvalue weighted by atomic mass is 9.84. The molecular weight excluding hydrogens is 683 g/mol. The van der Waals surface area contributed by atoms with E-state index < -0.39 is 60.1 Å². The molecule has 0 bridgehead atoms. The fourth-order valence-corrected chi connectivity index (χ4v) is 8.35. The zero-order chi connectivity index (χ0) is 35.1. The van der Waals surface area contributed by atoms with Gasteiger partial charge >= 0.3 is 0 Å². The number of likely N-dealkylation sites (tertiary alicyclic amines) is 1. The Hall–Kier alpha value is -2.54. The van der Waals surface area contributed by atoms with Gasteiger partial charge < -0.3 is 9.74 Å². The largest absolute Gasteiger partial charge is 0.404 e. The summed E-state index contributed by atoms with van der Waals surface area (Å²) in [6.45, 7) is 14.0. The van der Waals surface area contributed by atoms with Crippen molar-refractivity contribution < 1.29 is 26.4 Å². The molecule has 0 aromatic heterocycles. The first-order chi connectivity index (χ1) is 21.7. The highest BCUT2D eigenvalue weighted by Gasteiger charge is 2.56. The summed E-state index contributed by atoms with van der Waals surface area (Å²) in [5, 5.41) is 3.75. The number of anilines is 1. The van der Waals surface area contributed by atoms with Crippen LogP contribution in [0.1, 0.15) is 51.8 Å². The molecule has 1 fully saturated rings. The van der Waals surface area contributed by atoms with Gasteiger partial charge in [-0.25, -0.2) is 17.2 Å². The number of hydrogen-bond donors (Lipinski definition) is 1. The van der Waals surface area contributed by atoms with Crippen LogP contribution >= 0.6 is 23.2 Å². The van der Waals surface area contributed by atoms with E-state index in [2.05, 4.69) is 26.1 Å². The number of benzene rings is 3. The number of nitrogens with one attached hydrogen (secondary N) is 1. The molecule has 1 aliphatic rings. The predicted octanol–water partition coefficient (Wildman–Crippen LogP) is 7.80. The van der Waals surface area contributed by atoms with E-state index in [0.29, 0.717) is 16.1 Å². The topological polar surface area (TPSA) is 79.0 Å². The average molecular weight is 727 g/mol. The summed E-state index contributed by atoms with van der Waals surface area (Å²) in [5.41, 5.74) is 1.49. The van der Waals surface area contributed by atoms with Crippen LogP contribution in [0, 0.1) is 11.6 Å². The van der Waals surface area contributed by atoms with Gasteiger partial charge in [-0.2, -0.15) is 0 Å². The van der Waals surface area contributed by atoms with E-state index in [4.69, 9.17) is 27.6 Å². The highest BCUT2D eigenvalue weighted by atomic mass is 35.5.